The SMILES string of the molecule is CCCCC[C@H](O)C[C@@H]1CC(=O)NCCCN1C. The molecule has 2 atom stereocenters. The zero-order valence-electron chi connectivity index (χ0n) is 11.8. The van der Waals surface area contributed by atoms with Crippen molar-refractivity contribution in [2.24, 2.45) is 0 Å². The predicted octanol–water partition coefficient (Wildman–Crippen LogP) is 1.53. The fourth-order valence-corrected chi connectivity index (χ4v) is 2.51. The number of aliphatic hydroxyl groups is 1. The first-order chi connectivity index (χ1) is 8.63. The van der Waals surface area contributed by atoms with Crippen LogP contribution < -0.4 is 5.32 Å². The molecule has 1 aliphatic heterocycles. The molecule has 106 valence electrons. The van der Waals surface area contributed by atoms with Crippen LogP contribution in [-0.2, 0) is 4.79 Å². The van der Waals surface area contributed by atoms with Crippen LogP contribution in [0, 0.1) is 0 Å². The van der Waals surface area contributed by atoms with Gasteiger partial charge in [0, 0.05) is 19.0 Å². The molecule has 4 nitrogen and oxygen atoms in total. The smallest absolute Gasteiger partial charge is 0.221 e. The highest BCUT2D eigenvalue weighted by Gasteiger charge is 2.23. The topological polar surface area (TPSA) is 52.6 Å². The van der Waals surface area contributed by atoms with Crippen LogP contribution in [-0.4, -0.2) is 48.2 Å². The maximum absolute atomic E-state index is 11.6. The summed E-state index contributed by atoms with van der Waals surface area (Å²) in [4.78, 5) is 13.8. The Morgan fingerprint density at radius 1 is 1.50 bits per heavy atom. The van der Waals surface area contributed by atoms with Crippen molar-refractivity contribution in [3.05, 3.63) is 0 Å². The van der Waals surface area contributed by atoms with Gasteiger partial charge >= 0.3 is 0 Å². The van der Waals surface area contributed by atoms with Gasteiger partial charge in [-0.3, -0.25) is 4.79 Å². The molecule has 1 rings (SSSR count). The monoisotopic (exact) mass is 256 g/mol. The first kappa shape index (κ1) is 15.4. The number of aliphatic hydroxyl groups excluding tert-OH is 1. The van der Waals surface area contributed by atoms with Crippen molar-refractivity contribution in [1.82, 2.24) is 10.2 Å². The number of hydrogen-bond donors (Lipinski definition) is 2. The van der Waals surface area contributed by atoms with Gasteiger partial charge < -0.3 is 15.3 Å². The highest BCUT2D eigenvalue weighted by Crippen LogP contribution is 2.15. The summed E-state index contributed by atoms with van der Waals surface area (Å²) in [6.45, 7) is 3.93. The van der Waals surface area contributed by atoms with E-state index in [0.717, 1.165) is 32.4 Å². The van der Waals surface area contributed by atoms with Crippen molar-refractivity contribution >= 4 is 5.91 Å². The van der Waals surface area contributed by atoms with E-state index in [1.165, 1.54) is 12.8 Å². The zero-order chi connectivity index (χ0) is 13.4. The lowest BCUT2D eigenvalue weighted by atomic mass is 9.99. The summed E-state index contributed by atoms with van der Waals surface area (Å²) in [5.74, 6) is 0.118. The maximum Gasteiger partial charge on any atom is 0.221 e. The summed E-state index contributed by atoms with van der Waals surface area (Å²) >= 11 is 0. The summed E-state index contributed by atoms with van der Waals surface area (Å²) in [5, 5.41) is 12.9. The Morgan fingerprint density at radius 3 is 3.00 bits per heavy atom. The minimum Gasteiger partial charge on any atom is -0.393 e. The molecule has 0 aromatic carbocycles. The molecule has 0 radical (unpaired) electrons. The Kier molecular flexibility index (Phi) is 7.28. The number of carbonyl (C=O) groups is 1. The third-order valence-corrected chi connectivity index (χ3v) is 3.74. The molecule has 0 spiro atoms. The predicted molar refractivity (Wildman–Crippen MR) is 73.4 cm³/mol. The standard InChI is InChI=1S/C14H28N2O2/c1-3-4-5-7-13(17)10-12-11-14(18)15-8-6-9-16(12)2/h12-13,17H,3-11H2,1-2H3,(H,15,18)/t12-,13+/m1/s1. The average Bonchev–Trinajstić information content (AvgIpc) is 2.32. The summed E-state index contributed by atoms with van der Waals surface area (Å²) in [5.41, 5.74) is 0. The molecule has 0 bridgehead atoms. The van der Waals surface area contributed by atoms with Crippen LogP contribution in [0.3, 0.4) is 0 Å². The van der Waals surface area contributed by atoms with Crippen molar-refractivity contribution in [3.63, 3.8) is 0 Å². The van der Waals surface area contributed by atoms with Gasteiger partial charge in [-0.05, 0) is 32.9 Å². The Hall–Kier alpha value is -0.610. The normalized spacial score (nSPS) is 24.2. The van der Waals surface area contributed by atoms with Crippen molar-refractivity contribution < 1.29 is 9.90 Å². The number of amides is 1. The minimum absolute atomic E-state index is 0.118. The Bertz CT molecular complexity index is 246. The molecule has 1 saturated heterocycles. The van der Waals surface area contributed by atoms with E-state index >= 15 is 0 Å². The summed E-state index contributed by atoms with van der Waals surface area (Å²) in [6, 6.07) is 0.182. The van der Waals surface area contributed by atoms with Gasteiger partial charge in [0.15, 0.2) is 0 Å². The Balaban J connectivity index is 2.37. The third-order valence-electron chi connectivity index (χ3n) is 3.74. The quantitative estimate of drug-likeness (QED) is 0.709. The van der Waals surface area contributed by atoms with Crippen LogP contribution in [0.15, 0.2) is 0 Å². The number of unbranched alkanes of at least 4 members (excludes halogenated alkanes) is 2. The van der Waals surface area contributed by atoms with Crippen LogP contribution in [0.25, 0.3) is 0 Å². The van der Waals surface area contributed by atoms with Crippen molar-refractivity contribution in [1.29, 1.82) is 0 Å². The second-order valence-corrected chi connectivity index (χ2v) is 5.43. The lowest BCUT2D eigenvalue weighted by molar-refractivity contribution is -0.123. The van der Waals surface area contributed by atoms with Gasteiger partial charge in [0.1, 0.15) is 0 Å². The van der Waals surface area contributed by atoms with Crippen LogP contribution in [0.5, 0.6) is 0 Å². The zero-order valence-corrected chi connectivity index (χ0v) is 11.8. The Labute approximate surface area is 111 Å². The minimum atomic E-state index is -0.267. The lowest BCUT2D eigenvalue weighted by Gasteiger charge is -2.31. The van der Waals surface area contributed by atoms with Crippen LogP contribution in [0.2, 0.25) is 0 Å². The van der Waals surface area contributed by atoms with E-state index in [1.54, 1.807) is 0 Å². The fraction of sp³-hybridized carbons (Fsp3) is 0.929. The van der Waals surface area contributed by atoms with E-state index in [0.29, 0.717) is 12.8 Å². The molecule has 4 heteroatoms. The molecule has 1 heterocycles. The van der Waals surface area contributed by atoms with E-state index in [-0.39, 0.29) is 18.1 Å². The third kappa shape index (κ3) is 5.83. The molecule has 0 saturated carbocycles. The Morgan fingerprint density at radius 2 is 2.28 bits per heavy atom. The van der Waals surface area contributed by atoms with E-state index in [9.17, 15) is 9.90 Å². The molecule has 0 aliphatic carbocycles. The largest absolute Gasteiger partial charge is 0.393 e. The van der Waals surface area contributed by atoms with Gasteiger partial charge in [-0.15, -0.1) is 0 Å². The first-order valence-electron chi connectivity index (χ1n) is 7.28. The molecule has 0 aromatic heterocycles. The second-order valence-electron chi connectivity index (χ2n) is 5.43. The van der Waals surface area contributed by atoms with Crippen LogP contribution in [0.4, 0.5) is 0 Å². The number of nitrogens with one attached hydrogen (secondary N) is 1. The molecule has 0 aromatic rings. The number of carbonyl (C=O) groups excluding carboxylic acids is 1. The first-order valence-corrected chi connectivity index (χ1v) is 7.28. The lowest BCUT2D eigenvalue weighted by Crippen LogP contribution is -2.43. The summed E-state index contributed by atoms with van der Waals surface area (Å²) in [6.07, 6.45) is 6.26. The molecular weight excluding hydrogens is 228 g/mol. The average molecular weight is 256 g/mol. The molecule has 1 fully saturated rings. The second kappa shape index (κ2) is 8.48. The fourth-order valence-electron chi connectivity index (χ4n) is 2.51. The number of nitrogens with zero attached hydrogens (tertiary/aromatic N) is 1. The molecule has 2 N–H and O–H groups in total. The van der Waals surface area contributed by atoms with Crippen LogP contribution in [0.1, 0.15) is 51.9 Å². The van der Waals surface area contributed by atoms with Gasteiger partial charge in [-0.25, -0.2) is 0 Å². The number of hydrogen-bond acceptors (Lipinski definition) is 3. The van der Waals surface area contributed by atoms with Crippen molar-refractivity contribution in [3.8, 4) is 0 Å². The highest BCUT2D eigenvalue weighted by molar-refractivity contribution is 5.76. The molecule has 1 aliphatic rings. The van der Waals surface area contributed by atoms with Gasteiger partial charge in [0.2, 0.25) is 5.91 Å². The van der Waals surface area contributed by atoms with E-state index in [1.807, 2.05) is 0 Å². The summed E-state index contributed by atoms with van der Waals surface area (Å²) < 4.78 is 0. The van der Waals surface area contributed by atoms with E-state index in [2.05, 4.69) is 24.2 Å². The van der Waals surface area contributed by atoms with Crippen molar-refractivity contribution in [2.75, 3.05) is 20.1 Å². The van der Waals surface area contributed by atoms with E-state index < -0.39 is 0 Å². The van der Waals surface area contributed by atoms with Gasteiger partial charge in [-0.2, -0.15) is 0 Å². The highest BCUT2D eigenvalue weighted by atomic mass is 16.3. The molecule has 0 unspecified atom stereocenters. The maximum atomic E-state index is 11.6. The molecule has 18 heavy (non-hydrogen) atoms. The summed E-state index contributed by atoms with van der Waals surface area (Å²) in [7, 11) is 2.06. The molecule has 1 amide bonds. The van der Waals surface area contributed by atoms with Crippen molar-refractivity contribution in [2.45, 2.75) is 64.0 Å². The van der Waals surface area contributed by atoms with Crippen LogP contribution >= 0.6 is 0 Å². The van der Waals surface area contributed by atoms with Gasteiger partial charge in [-0.1, -0.05) is 26.2 Å². The van der Waals surface area contributed by atoms with Gasteiger partial charge in [0.25, 0.3) is 0 Å². The van der Waals surface area contributed by atoms with E-state index in [4.69, 9.17) is 0 Å². The molecular formula is C14H28N2O2. The van der Waals surface area contributed by atoms with Gasteiger partial charge in [0.05, 0.1) is 6.10 Å². The number of rotatable bonds is 6.